The molecule has 2 aromatic carbocycles. The molecular formula is C32H48N2O14. The Kier molecular flexibility index (Phi) is 19.9. The van der Waals surface area contributed by atoms with Crippen LogP contribution in [0, 0.1) is 0 Å². The number of aliphatic hydroxyl groups excluding tert-OH is 8. The number of ether oxygens (including phenoxy) is 4. The summed E-state index contributed by atoms with van der Waals surface area (Å²) in [5.74, 6) is -0.870. The average Bonchev–Trinajstić information content (AvgIpc) is 3.10. The van der Waals surface area contributed by atoms with Gasteiger partial charge in [0.25, 0.3) is 11.8 Å². The Balaban J connectivity index is 2.00. The lowest BCUT2D eigenvalue weighted by molar-refractivity contribution is -0.0251. The van der Waals surface area contributed by atoms with Crippen molar-refractivity contribution < 1.29 is 69.4 Å². The van der Waals surface area contributed by atoms with Gasteiger partial charge in [0.15, 0.2) is 0 Å². The lowest BCUT2D eigenvalue weighted by Gasteiger charge is -2.21. The number of hydrogen-bond donors (Lipinski definition) is 10. The van der Waals surface area contributed by atoms with Crippen molar-refractivity contribution in [1.82, 2.24) is 10.6 Å². The summed E-state index contributed by atoms with van der Waals surface area (Å²) in [5, 5.41) is 79.4. The molecule has 10 N–H and O–H groups in total. The molecule has 0 aliphatic carbocycles. The third-order valence-corrected chi connectivity index (χ3v) is 6.66. The van der Waals surface area contributed by atoms with Crippen LogP contribution in [-0.2, 0) is 18.9 Å². The van der Waals surface area contributed by atoms with Crippen LogP contribution >= 0.6 is 0 Å². The minimum absolute atomic E-state index is 0.0451. The van der Waals surface area contributed by atoms with Gasteiger partial charge in [0.05, 0.1) is 91.4 Å². The minimum Gasteiger partial charge on any atom is -0.394 e. The molecule has 270 valence electrons. The third-order valence-electron chi connectivity index (χ3n) is 6.66. The van der Waals surface area contributed by atoms with Crippen molar-refractivity contribution in [2.24, 2.45) is 0 Å². The maximum absolute atomic E-state index is 12.9. The molecule has 16 heteroatoms. The van der Waals surface area contributed by atoms with Crippen molar-refractivity contribution >= 4 is 11.8 Å². The van der Waals surface area contributed by atoms with Crippen molar-refractivity contribution in [3.05, 3.63) is 59.7 Å². The Bertz CT molecular complexity index is 1050. The number of benzene rings is 2. The molecule has 0 aliphatic heterocycles. The first-order valence-electron chi connectivity index (χ1n) is 15.4. The molecule has 0 spiro atoms. The van der Waals surface area contributed by atoms with Crippen molar-refractivity contribution in [2.75, 3.05) is 79.3 Å². The van der Waals surface area contributed by atoms with E-state index in [2.05, 4.69) is 10.6 Å². The van der Waals surface area contributed by atoms with Gasteiger partial charge in [-0.15, -0.1) is 0 Å². The molecule has 0 aromatic heterocycles. The van der Waals surface area contributed by atoms with E-state index < -0.39 is 74.7 Å². The molecule has 0 aliphatic rings. The summed E-state index contributed by atoms with van der Waals surface area (Å²) in [6.45, 7) is -2.75. The fourth-order valence-corrected chi connectivity index (χ4v) is 4.02. The standard InChI is InChI=1S/C32H48N2O14/c35-9-27(39)17-45-13-25(14-46-18-28(40)10-36)33-31(43)23-5-1-21(2-6-23)22-3-7-24(8-4-22)32(44)34-26(15-47-19-29(41)11-37)16-48-20-30(42)12-38/h1-8,25-30,35-42H,9-20H2,(H,33,43)(H,34,44). The zero-order valence-corrected chi connectivity index (χ0v) is 26.6. The monoisotopic (exact) mass is 684 g/mol. The first-order chi connectivity index (χ1) is 23.1. The quantitative estimate of drug-likeness (QED) is 0.0501. The van der Waals surface area contributed by atoms with Crippen molar-refractivity contribution in [3.8, 4) is 11.1 Å². The van der Waals surface area contributed by atoms with Crippen LogP contribution < -0.4 is 10.6 Å². The van der Waals surface area contributed by atoms with Crippen molar-refractivity contribution in [3.63, 3.8) is 0 Å². The number of hydrogen-bond acceptors (Lipinski definition) is 14. The first kappa shape index (κ1) is 41.1. The topological polar surface area (TPSA) is 257 Å². The SMILES string of the molecule is O=C(NC(COCC(O)CO)COCC(O)CO)c1ccc(-c2ccc(C(=O)NC(COCC(O)CO)COCC(O)CO)cc2)cc1. The van der Waals surface area contributed by atoms with Gasteiger partial charge in [0, 0.05) is 11.1 Å². The molecule has 0 saturated heterocycles. The molecule has 0 fully saturated rings. The summed E-state index contributed by atoms with van der Waals surface area (Å²) in [7, 11) is 0. The first-order valence-corrected chi connectivity index (χ1v) is 15.4. The largest absolute Gasteiger partial charge is 0.394 e. The van der Waals surface area contributed by atoms with E-state index in [9.17, 15) is 30.0 Å². The van der Waals surface area contributed by atoms with E-state index in [1.165, 1.54) is 0 Å². The second kappa shape index (κ2) is 23.3. The van der Waals surface area contributed by atoms with E-state index in [1.807, 2.05) is 0 Å². The van der Waals surface area contributed by atoms with E-state index in [0.29, 0.717) is 11.1 Å². The summed E-state index contributed by atoms with van der Waals surface area (Å²) in [5.41, 5.74) is 2.20. The Morgan fingerprint density at radius 3 is 0.938 bits per heavy atom. The van der Waals surface area contributed by atoms with Gasteiger partial charge in [0.1, 0.15) is 24.4 Å². The summed E-state index contributed by atoms with van der Waals surface area (Å²) in [6, 6.07) is 12.0. The van der Waals surface area contributed by atoms with Crippen molar-refractivity contribution in [2.45, 2.75) is 36.5 Å². The molecule has 0 radical (unpaired) electrons. The lowest BCUT2D eigenvalue weighted by atomic mass is 10.0. The predicted octanol–water partition coefficient (Wildman–Crippen LogP) is -2.97. The van der Waals surface area contributed by atoms with Crippen LogP contribution in [0.15, 0.2) is 48.5 Å². The van der Waals surface area contributed by atoms with Crippen LogP contribution in [0.2, 0.25) is 0 Å². The maximum Gasteiger partial charge on any atom is 0.251 e. The van der Waals surface area contributed by atoms with Crippen LogP contribution in [0.1, 0.15) is 20.7 Å². The summed E-state index contributed by atoms with van der Waals surface area (Å²) in [4.78, 5) is 25.9. The predicted molar refractivity (Wildman–Crippen MR) is 170 cm³/mol. The van der Waals surface area contributed by atoms with Gasteiger partial charge in [-0.1, -0.05) is 24.3 Å². The van der Waals surface area contributed by atoms with Crippen LogP contribution in [0.4, 0.5) is 0 Å². The number of rotatable bonds is 25. The van der Waals surface area contributed by atoms with Crippen LogP contribution in [0.5, 0.6) is 0 Å². The van der Waals surface area contributed by atoms with Gasteiger partial charge in [-0.2, -0.15) is 0 Å². The maximum atomic E-state index is 12.9. The smallest absolute Gasteiger partial charge is 0.251 e. The summed E-state index contributed by atoms with van der Waals surface area (Å²) < 4.78 is 21.4. The molecule has 2 amide bonds. The second-order valence-corrected chi connectivity index (χ2v) is 11.0. The Morgan fingerprint density at radius 2 is 0.708 bits per heavy atom. The van der Waals surface area contributed by atoms with E-state index in [-0.39, 0.29) is 52.9 Å². The average molecular weight is 685 g/mol. The van der Waals surface area contributed by atoms with E-state index in [4.69, 9.17) is 39.4 Å². The van der Waals surface area contributed by atoms with Gasteiger partial charge in [0.2, 0.25) is 0 Å². The zero-order chi connectivity index (χ0) is 35.3. The molecule has 0 heterocycles. The highest BCUT2D eigenvalue weighted by molar-refractivity contribution is 5.96. The lowest BCUT2D eigenvalue weighted by Crippen LogP contribution is -2.42. The Labute approximate surface area is 278 Å². The second-order valence-electron chi connectivity index (χ2n) is 11.0. The summed E-state index contributed by atoms with van der Waals surface area (Å²) >= 11 is 0. The molecule has 4 atom stereocenters. The highest BCUT2D eigenvalue weighted by Crippen LogP contribution is 2.21. The normalized spacial score (nSPS) is 15.2. The fraction of sp³-hybridized carbons (Fsp3) is 0.562. The highest BCUT2D eigenvalue weighted by atomic mass is 16.5. The number of aliphatic hydroxyl groups is 8. The molecule has 0 bridgehead atoms. The number of carbonyl (C=O) groups excluding carboxylic acids is 2. The van der Waals surface area contributed by atoms with E-state index in [1.54, 1.807) is 48.5 Å². The van der Waals surface area contributed by atoms with Gasteiger partial charge in [-0.3, -0.25) is 9.59 Å². The third kappa shape index (κ3) is 15.9. The number of amides is 2. The Morgan fingerprint density at radius 1 is 0.458 bits per heavy atom. The molecule has 16 nitrogen and oxygen atoms in total. The zero-order valence-electron chi connectivity index (χ0n) is 26.6. The molecule has 0 saturated carbocycles. The van der Waals surface area contributed by atoms with Crippen LogP contribution in [0.25, 0.3) is 11.1 Å². The highest BCUT2D eigenvalue weighted by Gasteiger charge is 2.18. The van der Waals surface area contributed by atoms with Gasteiger partial charge in [-0.05, 0) is 35.4 Å². The molecule has 2 rings (SSSR count). The van der Waals surface area contributed by atoms with Crippen LogP contribution in [0.3, 0.4) is 0 Å². The van der Waals surface area contributed by atoms with E-state index in [0.717, 1.165) is 11.1 Å². The molecule has 48 heavy (non-hydrogen) atoms. The van der Waals surface area contributed by atoms with E-state index >= 15 is 0 Å². The van der Waals surface area contributed by atoms with Gasteiger partial charge in [-0.25, -0.2) is 0 Å². The molecule has 2 aromatic rings. The molecular weight excluding hydrogens is 636 g/mol. The van der Waals surface area contributed by atoms with Crippen molar-refractivity contribution in [1.29, 1.82) is 0 Å². The minimum atomic E-state index is -1.08. The number of nitrogens with one attached hydrogen (secondary N) is 2. The van der Waals surface area contributed by atoms with Gasteiger partial charge >= 0.3 is 0 Å². The van der Waals surface area contributed by atoms with Gasteiger partial charge < -0.3 is 70.4 Å². The Hall–Kier alpha value is -3.10. The number of carbonyl (C=O) groups is 2. The molecule has 4 unspecified atom stereocenters. The van der Waals surface area contributed by atoms with Crippen LogP contribution in [-0.4, -0.2) is 168 Å². The fourth-order valence-electron chi connectivity index (χ4n) is 4.02. The summed E-state index contributed by atoms with van der Waals surface area (Å²) in [6.07, 6.45) is -4.32.